The largest absolute Gasteiger partial charge is 0.399 e. The average Bonchev–Trinajstić information content (AvgIpc) is 2.30. The first kappa shape index (κ1) is 15.4. The number of allylic oxidation sites excluding steroid dienone is 2. The molecule has 0 aromatic heterocycles. The zero-order valence-electron chi connectivity index (χ0n) is 8.18. The van der Waals surface area contributed by atoms with Gasteiger partial charge in [0.05, 0.1) is 14.4 Å². The maximum absolute atomic E-state index is 5.99. The van der Waals surface area contributed by atoms with E-state index in [0.29, 0.717) is 5.69 Å². The minimum atomic E-state index is -0.132. The van der Waals surface area contributed by atoms with E-state index in [9.17, 15) is 0 Å². The fourth-order valence-electron chi connectivity index (χ4n) is 0.853. The van der Waals surface area contributed by atoms with Crippen LogP contribution < -0.4 is 5.73 Å². The molecule has 0 bridgehead atoms. The fraction of sp³-hybridized carbons (Fsp3) is 0. The predicted molar refractivity (Wildman–Crippen MR) is 80.0 cm³/mol. The summed E-state index contributed by atoms with van der Waals surface area (Å²) in [6.45, 7) is 0. The molecule has 0 unspecified atom stereocenters. The highest BCUT2D eigenvalue weighted by Crippen LogP contribution is 2.39. The van der Waals surface area contributed by atoms with E-state index in [1.807, 2.05) is 12.1 Å². The van der Waals surface area contributed by atoms with Crippen molar-refractivity contribution in [2.75, 3.05) is 5.73 Å². The summed E-state index contributed by atoms with van der Waals surface area (Å²) in [5.41, 5.74) is 6.23. The molecule has 0 radical (unpaired) electrons. The van der Waals surface area contributed by atoms with E-state index in [4.69, 9.17) is 63.7 Å². The molecule has 0 spiro atoms. The molecule has 0 aliphatic rings. The van der Waals surface area contributed by atoms with Gasteiger partial charge in [0.1, 0.15) is 4.49 Å². The Labute approximate surface area is 128 Å². The van der Waals surface area contributed by atoms with Crippen LogP contribution in [0.1, 0.15) is 0 Å². The summed E-state index contributed by atoms with van der Waals surface area (Å²) in [6.07, 6.45) is 0. The maximum atomic E-state index is 5.99. The van der Waals surface area contributed by atoms with Gasteiger partial charge in [0.25, 0.3) is 0 Å². The topological polar surface area (TPSA) is 26.0 Å². The summed E-state index contributed by atoms with van der Waals surface area (Å²) >= 11 is 29.9. The molecule has 0 aliphatic carbocycles. The summed E-state index contributed by atoms with van der Waals surface area (Å²) in [5, 5.41) is 0.123. The van der Waals surface area contributed by atoms with Crippen molar-refractivity contribution in [3.05, 3.63) is 43.2 Å². The summed E-state index contributed by atoms with van der Waals surface area (Å²) in [7, 11) is 0. The van der Waals surface area contributed by atoms with E-state index < -0.39 is 0 Å². The van der Waals surface area contributed by atoms with Crippen LogP contribution in [0.3, 0.4) is 0 Å². The van der Waals surface area contributed by atoms with E-state index in [0.717, 1.165) is 4.90 Å². The smallest absolute Gasteiger partial charge is 0.127 e. The molecule has 0 saturated carbocycles. The molecule has 0 aliphatic heterocycles. The number of rotatable bonds is 3. The van der Waals surface area contributed by atoms with Crippen molar-refractivity contribution in [3.63, 3.8) is 0 Å². The Kier molecular flexibility index (Phi) is 6.35. The number of hydrogen-bond donors (Lipinski definition) is 1. The summed E-state index contributed by atoms with van der Waals surface area (Å²) in [5.74, 6) is 0. The molecule has 1 aromatic carbocycles. The van der Waals surface area contributed by atoms with Gasteiger partial charge in [-0.25, -0.2) is 0 Å². The molecular weight excluding hydrogens is 343 g/mol. The fourth-order valence-corrected chi connectivity index (χ4v) is 2.58. The second-order valence-electron chi connectivity index (χ2n) is 2.83. The van der Waals surface area contributed by atoms with Gasteiger partial charge in [0, 0.05) is 10.6 Å². The first-order valence-electron chi connectivity index (χ1n) is 4.21. The van der Waals surface area contributed by atoms with Gasteiger partial charge in [-0.2, -0.15) is 0 Å². The minimum Gasteiger partial charge on any atom is -0.399 e. The molecule has 1 nitrogen and oxygen atoms in total. The number of nitrogen functional groups attached to an aromatic ring is 1. The molecule has 1 aromatic rings. The van der Waals surface area contributed by atoms with Gasteiger partial charge in [-0.05, 0) is 24.3 Å². The van der Waals surface area contributed by atoms with E-state index in [1.54, 1.807) is 12.1 Å². The lowest BCUT2D eigenvalue weighted by atomic mass is 10.3. The molecule has 0 heterocycles. The van der Waals surface area contributed by atoms with Crippen LogP contribution in [0.4, 0.5) is 5.69 Å². The van der Waals surface area contributed by atoms with E-state index in [2.05, 4.69) is 0 Å². The Morgan fingerprint density at radius 2 is 1.41 bits per heavy atom. The van der Waals surface area contributed by atoms with Crippen LogP contribution in [0.5, 0.6) is 0 Å². The average molecular weight is 349 g/mol. The lowest BCUT2D eigenvalue weighted by Gasteiger charge is -2.03. The summed E-state index contributed by atoms with van der Waals surface area (Å²) < 4.78 is 0.146. The van der Waals surface area contributed by atoms with E-state index in [1.165, 1.54) is 11.8 Å². The molecule has 0 amide bonds. The first-order chi connectivity index (χ1) is 7.91. The molecule has 0 saturated heterocycles. The van der Waals surface area contributed by atoms with Gasteiger partial charge in [0.2, 0.25) is 0 Å². The Morgan fingerprint density at radius 3 is 1.88 bits per heavy atom. The van der Waals surface area contributed by atoms with Gasteiger partial charge in [-0.15, -0.1) is 0 Å². The van der Waals surface area contributed by atoms with Crippen molar-refractivity contribution >= 4 is 75.5 Å². The van der Waals surface area contributed by atoms with Crippen molar-refractivity contribution in [2.24, 2.45) is 0 Å². The first-order valence-corrected chi connectivity index (χ1v) is 6.92. The van der Waals surface area contributed by atoms with Gasteiger partial charge in [-0.1, -0.05) is 69.8 Å². The molecule has 2 N–H and O–H groups in total. The lowest BCUT2D eigenvalue weighted by Crippen LogP contribution is -1.83. The number of halogens is 5. The van der Waals surface area contributed by atoms with Crippen LogP contribution in [-0.2, 0) is 0 Å². The van der Waals surface area contributed by atoms with Crippen molar-refractivity contribution in [2.45, 2.75) is 4.90 Å². The normalized spacial score (nSPS) is 12.1. The number of anilines is 1. The molecule has 0 fully saturated rings. The number of thioether (sulfide) groups is 1. The predicted octanol–water partition coefficient (Wildman–Crippen LogP) is 5.89. The highest BCUT2D eigenvalue weighted by Gasteiger charge is 2.11. The third-order valence-corrected chi connectivity index (χ3v) is 4.56. The van der Waals surface area contributed by atoms with Crippen LogP contribution >= 0.6 is 69.8 Å². The second-order valence-corrected chi connectivity index (χ2v) is 6.22. The van der Waals surface area contributed by atoms with Gasteiger partial charge in [0.15, 0.2) is 0 Å². The zero-order valence-corrected chi connectivity index (χ0v) is 12.8. The van der Waals surface area contributed by atoms with Crippen LogP contribution in [0, 0.1) is 0 Å². The van der Waals surface area contributed by atoms with Crippen LogP contribution in [0.25, 0.3) is 0 Å². The number of hydrogen-bond acceptors (Lipinski definition) is 2. The Balaban J connectivity index is 2.92. The van der Waals surface area contributed by atoms with Gasteiger partial charge >= 0.3 is 0 Å². The number of nitrogens with two attached hydrogens (primary N) is 1. The summed E-state index contributed by atoms with van der Waals surface area (Å²) in [6, 6.07) is 7.14. The third kappa shape index (κ3) is 4.82. The maximum Gasteiger partial charge on any atom is 0.127 e. The van der Waals surface area contributed by atoms with Crippen molar-refractivity contribution in [3.8, 4) is 0 Å². The van der Waals surface area contributed by atoms with E-state index in [-0.39, 0.29) is 18.9 Å². The van der Waals surface area contributed by atoms with Crippen LogP contribution in [0.2, 0.25) is 0 Å². The second kappa shape index (κ2) is 7.03. The molecule has 0 atom stereocenters. The standard InChI is InChI=1S/C10H6Cl5NS/c11-7(9(13)14)8(12)10(15)17-6-3-1-5(16)2-4-6/h1-4H,16H2/b10-8+. The quantitative estimate of drug-likeness (QED) is 0.418. The Bertz CT molecular complexity index is 462. The Hall–Kier alpha value is 0.300. The van der Waals surface area contributed by atoms with Crippen LogP contribution in [0.15, 0.2) is 48.1 Å². The van der Waals surface area contributed by atoms with Crippen molar-refractivity contribution in [1.29, 1.82) is 0 Å². The third-order valence-electron chi connectivity index (χ3n) is 1.62. The lowest BCUT2D eigenvalue weighted by molar-refractivity contribution is 1.47. The zero-order chi connectivity index (χ0) is 13.0. The van der Waals surface area contributed by atoms with Crippen LogP contribution in [-0.4, -0.2) is 0 Å². The summed E-state index contributed by atoms with van der Waals surface area (Å²) in [4.78, 5) is 0.873. The highest BCUT2D eigenvalue weighted by atomic mass is 35.5. The van der Waals surface area contributed by atoms with Crippen molar-refractivity contribution < 1.29 is 0 Å². The number of benzene rings is 1. The monoisotopic (exact) mass is 347 g/mol. The van der Waals surface area contributed by atoms with Crippen molar-refractivity contribution in [1.82, 2.24) is 0 Å². The Morgan fingerprint density at radius 1 is 0.882 bits per heavy atom. The molecule has 1 rings (SSSR count). The SMILES string of the molecule is Nc1ccc(S/C(Cl)=C(/Cl)C(Cl)=C(Cl)Cl)cc1. The molecule has 17 heavy (non-hydrogen) atoms. The minimum absolute atomic E-state index is 0.0166. The molecule has 92 valence electrons. The van der Waals surface area contributed by atoms with Gasteiger partial charge < -0.3 is 5.73 Å². The highest BCUT2D eigenvalue weighted by molar-refractivity contribution is 8.04. The molecular formula is C10H6Cl5NS. The van der Waals surface area contributed by atoms with Gasteiger partial charge in [-0.3, -0.25) is 0 Å². The van der Waals surface area contributed by atoms with E-state index >= 15 is 0 Å². The molecule has 7 heteroatoms.